The standard InChI is InChI=1S/C12H17FN2O3/c13-9-1-3-11(4-2-9)18-8-10(16)7-15-12(17)5-6-14/h1-4,10,16H,5-8,14H2,(H,15,17). The van der Waals surface area contributed by atoms with Crippen molar-refractivity contribution >= 4 is 5.91 Å². The van der Waals surface area contributed by atoms with E-state index in [1.54, 1.807) is 0 Å². The Morgan fingerprint density at radius 2 is 2.11 bits per heavy atom. The molecule has 1 aromatic carbocycles. The van der Waals surface area contributed by atoms with Gasteiger partial charge in [-0.1, -0.05) is 0 Å². The average molecular weight is 256 g/mol. The lowest BCUT2D eigenvalue weighted by molar-refractivity contribution is -0.121. The summed E-state index contributed by atoms with van der Waals surface area (Å²) in [7, 11) is 0. The van der Waals surface area contributed by atoms with Gasteiger partial charge in [0.25, 0.3) is 0 Å². The summed E-state index contributed by atoms with van der Waals surface area (Å²) in [6.07, 6.45) is -0.595. The summed E-state index contributed by atoms with van der Waals surface area (Å²) in [5, 5.41) is 12.1. The first-order valence-electron chi connectivity index (χ1n) is 5.65. The monoisotopic (exact) mass is 256 g/mol. The smallest absolute Gasteiger partial charge is 0.221 e. The van der Waals surface area contributed by atoms with E-state index in [9.17, 15) is 14.3 Å². The first kappa shape index (κ1) is 14.4. The predicted octanol–water partition coefficient (Wildman–Crippen LogP) is 0.0304. The Kier molecular flexibility index (Phi) is 6.10. The maximum absolute atomic E-state index is 12.6. The van der Waals surface area contributed by atoms with Gasteiger partial charge in [0.15, 0.2) is 0 Å². The van der Waals surface area contributed by atoms with Crippen molar-refractivity contribution in [3.8, 4) is 5.75 Å². The number of ether oxygens (including phenoxy) is 1. The largest absolute Gasteiger partial charge is 0.491 e. The number of carbonyl (C=O) groups excluding carboxylic acids is 1. The van der Waals surface area contributed by atoms with E-state index < -0.39 is 6.10 Å². The minimum atomic E-state index is -0.822. The molecule has 1 rings (SSSR count). The first-order valence-corrected chi connectivity index (χ1v) is 5.65. The first-order chi connectivity index (χ1) is 8.61. The SMILES string of the molecule is NCCC(=O)NCC(O)COc1ccc(F)cc1. The van der Waals surface area contributed by atoms with Gasteiger partial charge >= 0.3 is 0 Å². The molecule has 0 saturated carbocycles. The number of benzene rings is 1. The van der Waals surface area contributed by atoms with E-state index in [2.05, 4.69) is 5.32 Å². The van der Waals surface area contributed by atoms with E-state index in [4.69, 9.17) is 10.5 Å². The van der Waals surface area contributed by atoms with Crippen molar-refractivity contribution < 1.29 is 19.0 Å². The second-order valence-corrected chi connectivity index (χ2v) is 3.76. The number of hydrogen-bond acceptors (Lipinski definition) is 4. The number of amides is 1. The molecule has 0 aliphatic rings. The van der Waals surface area contributed by atoms with Gasteiger partial charge in [0.2, 0.25) is 5.91 Å². The topological polar surface area (TPSA) is 84.6 Å². The molecule has 6 heteroatoms. The van der Waals surface area contributed by atoms with E-state index in [-0.39, 0.29) is 37.8 Å². The molecule has 0 radical (unpaired) electrons. The van der Waals surface area contributed by atoms with Crippen LogP contribution in [0, 0.1) is 5.82 Å². The van der Waals surface area contributed by atoms with Crippen molar-refractivity contribution in [3.05, 3.63) is 30.1 Å². The molecule has 0 aliphatic heterocycles. The van der Waals surface area contributed by atoms with Gasteiger partial charge in [-0.2, -0.15) is 0 Å². The molecule has 0 spiro atoms. The van der Waals surface area contributed by atoms with Crippen molar-refractivity contribution in [1.29, 1.82) is 0 Å². The Morgan fingerprint density at radius 3 is 2.72 bits per heavy atom. The molecule has 1 unspecified atom stereocenters. The second kappa shape index (κ2) is 7.62. The third-order valence-electron chi connectivity index (χ3n) is 2.16. The highest BCUT2D eigenvalue weighted by molar-refractivity contribution is 5.76. The Labute approximate surface area is 105 Å². The molecule has 0 aromatic heterocycles. The Bertz CT molecular complexity index is 370. The van der Waals surface area contributed by atoms with Crippen molar-refractivity contribution in [3.63, 3.8) is 0 Å². The van der Waals surface area contributed by atoms with Crippen molar-refractivity contribution in [2.45, 2.75) is 12.5 Å². The second-order valence-electron chi connectivity index (χ2n) is 3.76. The minimum absolute atomic E-state index is 0.0224. The van der Waals surface area contributed by atoms with Crippen LogP contribution in [0.3, 0.4) is 0 Å². The number of carbonyl (C=O) groups is 1. The fraction of sp³-hybridized carbons (Fsp3) is 0.417. The number of halogens is 1. The zero-order valence-corrected chi connectivity index (χ0v) is 9.93. The number of aliphatic hydroxyl groups is 1. The maximum Gasteiger partial charge on any atom is 0.221 e. The number of nitrogens with two attached hydrogens (primary N) is 1. The van der Waals surface area contributed by atoms with Crippen LogP contribution in [0.5, 0.6) is 5.75 Å². The normalized spacial score (nSPS) is 11.9. The molecule has 100 valence electrons. The van der Waals surface area contributed by atoms with Gasteiger partial charge in [0.1, 0.15) is 24.3 Å². The van der Waals surface area contributed by atoms with E-state index in [1.807, 2.05) is 0 Å². The molecule has 4 N–H and O–H groups in total. The molecule has 1 aromatic rings. The van der Waals surface area contributed by atoms with Crippen LogP contribution in [0.4, 0.5) is 4.39 Å². The zero-order valence-electron chi connectivity index (χ0n) is 9.93. The molecule has 5 nitrogen and oxygen atoms in total. The lowest BCUT2D eigenvalue weighted by Gasteiger charge is -2.13. The van der Waals surface area contributed by atoms with Crippen LogP contribution in [-0.2, 0) is 4.79 Å². The number of aliphatic hydroxyl groups excluding tert-OH is 1. The number of rotatable bonds is 7. The molecular formula is C12H17FN2O3. The van der Waals surface area contributed by atoms with Gasteiger partial charge < -0.3 is 20.9 Å². The summed E-state index contributed by atoms with van der Waals surface area (Å²) in [5.41, 5.74) is 5.20. The van der Waals surface area contributed by atoms with Crippen LogP contribution in [0.2, 0.25) is 0 Å². The number of hydrogen-bond donors (Lipinski definition) is 3. The van der Waals surface area contributed by atoms with Crippen molar-refractivity contribution in [2.24, 2.45) is 5.73 Å². The van der Waals surface area contributed by atoms with Crippen molar-refractivity contribution in [1.82, 2.24) is 5.32 Å². The molecule has 0 bridgehead atoms. The quantitative estimate of drug-likeness (QED) is 0.642. The molecule has 0 heterocycles. The summed E-state index contributed by atoms with van der Waals surface area (Å²) < 4.78 is 17.8. The maximum atomic E-state index is 12.6. The lowest BCUT2D eigenvalue weighted by atomic mass is 10.3. The zero-order chi connectivity index (χ0) is 13.4. The Balaban J connectivity index is 2.22. The van der Waals surface area contributed by atoms with Gasteiger partial charge in [0, 0.05) is 19.5 Å². The minimum Gasteiger partial charge on any atom is -0.491 e. The van der Waals surface area contributed by atoms with Gasteiger partial charge in [-0.15, -0.1) is 0 Å². The van der Waals surface area contributed by atoms with Crippen LogP contribution < -0.4 is 15.8 Å². The van der Waals surface area contributed by atoms with Crippen LogP contribution in [-0.4, -0.2) is 36.8 Å². The van der Waals surface area contributed by atoms with Crippen LogP contribution >= 0.6 is 0 Å². The van der Waals surface area contributed by atoms with Crippen LogP contribution in [0.1, 0.15) is 6.42 Å². The third-order valence-corrected chi connectivity index (χ3v) is 2.16. The third kappa shape index (κ3) is 5.60. The van der Waals surface area contributed by atoms with E-state index in [0.717, 1.165) is 0 Å². The molecule has 1 amide bonds. The molecule has 0 aliphatic carbocycles. The summed E-state index contributed by atoms with van der Waals surface area (Å²) in [6, 6.07) is 5.47. The van der Waals surface area contributed by atoms with Gasteiger partial charge in [-0.25, -0.2) is 4.39 Å². The van der Waals surface area contributed by atoms with Crippen LogP contribution in [0.25, 0.3) is 0 Å². The highest BCUT2D eigenvalue weighted by Gasteiger charge is 2.07. The fourth-order valence-electron chi connectivity index (χ4n) is 1.23. The molecule has 18 heavy (non-hydrogen) atoms. The predicted molar refractivity (Wildman–Crippen MR) is 64.6 cm³/mol. The van der Waals surface area contributed by atoms with E-state index in [0.29, 0.717) is 5.75 Å². The highest BCUT2D eigenvalue weighted by atomic mass is 19.1. The molecule has 0 fully saturated rings. The summed E-state index contributed by atoms with van der Waals surface area (Å²) in [5.74, 6) is -0.0981. The summed E-state index contributed by atoms with van der Waals surface area (Å²) in [6.45, 7) is 0.391. The van der Waals surface area contributed by atoms with Crippen molar-refractivity contribution in [2.75, 3.05) is 19.7 Å². The fourth-order valence-corrected chi connectivity index (χ4v) is 1.23. The Hall–Kier alpha value is -1.66. The summed E-state index contributed by atoms with van der Waals surface area (Å²) >= 11 is 0. The van der Waals surface area contributed by atoms with Gasteiger partial charge in [-0.3, -0.25) is 4.79 Å². The highest BCUT2D eigenvalue weighted by Crippen LogP contribution is 2.11. The van der Waals surface area contributed by atoms with E-state index >= 15 is 0 Å². The molecule has 1 atom stereocenters. The average Bonchev–Trinajstić information content (AvgIpc) is 2.36. The number of nitrogens with one attached hydrogen (secondary N) is 1. The molecular weight excluding hydrogens is 239 g/mol. The van der Waals surface area contributed by atoms with E-state index in [1.165, 1.54) is 24.3 Å². The van der Waals surface area contributed by atoms with Crippen LogP contribution in [0.15, 0.2) is 24.3 Å². The van der Waals surface area contributed by atoms with Gasteiger partial charge in [-0.05, 0) is 24.3 Å². The van der Waals surface area contributed by atoms with Gasteiger partial charge in [0.05, 0.1) is 0 Å². The Morgan fingerprint density at radius 1 is 1.44 bits per heavy atom. The lowest BCUT2D eigenvalue weighted by Crippen LogP contribution is -2.36. The summed E-state index contributed by atoms with van der Waals surface area (Å²) in [4.78, 5) is 11.1. The molecule has 0 saturated heterocycles.